The summed E-state index contributed by atoms with van der Waals surface area (Å²) < 4.78 is 5.25. The molecule has 0 spiro atoms. The third kappa shape index (κ3) is 3.66. The largest absolute Gasteiger partial charge is 0.481 e. The molecule has 120 valence electrons. The van der Waals surface area contributed by atoms with Crippen molar-refractivity contribution in [1.29, 1.82) is 0 Å². The van der Waals surface area contributed by atoms with Crippen LogP contribution in [-0.2, 0) is 9.59 Å². The van der Waals surface area contributed by atoms with Crippen molar-refractivity contribution in [3.8, 4) is 0 Å². The highest BCUT2D eigenvalue weighted by atomic mass is 16.4. The Morgan fingerprint density at radius 2 is 2.14 bits per heavy atom. The summed E-state index contributed by atoms with van der Waals surface area (Å²) in [6.45, 7) is 2.38. The Balaban J connectivity index is 1.93. The molecule has 0 aromatic carbocycles. The first-order chi connectivity index (χ1) is 10.4. The lowest BCUT2D eigenvalue weighted by Gasteiger charge is -2.31. The summed E-state index contributed by atoms with van der Waals surface area (Å²) in [6, 6.07) is 3.25. The zero-order chi connectivity index (χ0) is 16.3. The third-order valence-electron chi connectivity index (χ3n) is 3.79. The van der Waals surface area contributed by atoms with Gasteiger partial charge in [-0.2, -0.15) is 0 Å². The number of hydrogen-bond donors (Lipinski definition) is 1. The first-order valence-electron chi connectivity index (χ1n) is 7.21. The number of carbonyl (C=O) groups excluding carboxylic acids is 2. The van der Waals surface area contributed by atoms with Crippen molar-refractivity contribution in [2.24, 2.45) is 5.92 Å². The topological polar surface area (TPSA) is 91.1 Å². The van der Waals surface area contributed by atoms with E-state index in [-0.39, 0.29) is 30.7 Å². The summed E-state index contributed by atoms with van der Waals surface area (Å²) in [5, 5.41) is 9.04. The van der Waals surface area contributed by atoms with Crippen LogP contribution in [0.2, 0.25) is 0 Å². The molecule has 1 aromatic rings. The van der Waals surface area contributed by atoms with Crippen LogP contribution < -0.4 is 0 Å². The molecular formula is C15H20N2O5. The molecule has 1 fully saturated rings. The van der Waals surface area contributed by atoms with Gasteiger partial charge in [-0.3, -0.25) is 14.4 Å². The number of carboxylic acid groups (broad SMARTS) is 1. The van der Waals surface area contributed by atoms with Gasteiger partial charge in [0, 0.05) is 20.1 Å². The Bertz CT molecular complexity index is 580. The monoisotopic (exact) mass is 308 g/mol. The van der Waals surface area contributed by atoms with E-state index in [1.54, 1.807) is 19.1 Å². The molecule has 7 nitrogen and oxygen atoms in total. The average molecular weight is 308 g/mol. The zero-order valence-electron chi connectivity index (χ0n) is 12.7. The lowest BCUT2D eigenvalue weighted by atomic mass is 9.98. The standard InChI is InChI=1S/C15H20N2O5/c1-10-5-6-12(22-10)14(19)16(2)9-13(18)17-7-3-4-11(8-17)15(20)21/h5-6,11H,3-4,7-9H2,1-2H3,(H,20,21). The molecule has 1 atom stereocenters. The maximum absolute atomic E-state index is 12.2. The van der Waals surface area contributed by atoms with E-state index in [0.717, 1.165) is 0 Å². The number of hydrogen-bond acceptors (Lipinski definition) is 4. The van der Waals surface area contributed by atoms with E-state index < -0.39 is 11.9 Å². The Kier molecular flexibility index (Phi) is 4.85. The quantitative estimate of drug-likeness (QED) is 0.895. The van der Waals surface area contributed by atoms with E-state index in [9.17, 15) is 14.4 Å². The fourth-order valence-electron chi connectivity index (χ4n) is 2.52. The van der Waals surface area contributed by atoms with Gasteiger partial charge in [-0.25, -0.2) is 0 Å². The van der Waals surface area contributed by atoms with E-state index in [4.69, 9.17) is 9.52 Å². The van der Waals surface area contributed by atoms with Gasteiger partial charge < -0.3 is 19.3 Å². The van der Waals surface area contributed by atoms with Gasteiger partial charge in [0.25, 0.3) is 5.91 Å². The Morgan fingerprint density at radius 1 is 1.41 bits per heavy atom. The summed E-state index contributed by atoms with van der Waals surface area (Å²) in [6.07, 6.45) is 1.25. The highest BCUT2D eigenvalue weighted by Gasteiger charge is 2.29. The van der Waals surface area contributed by atoms with Crippen molar-refractivity contribution in [3.05, 3.63) is 23.7 Å². The number of carbonyl (C=O) groups is 3. The predicted molar refractivity (Wildman–Crippen MR) is 77.3 cm³/mol. The maximum Gasteiger partial charge on any atom is 0.308 e. The normalized spacial score (nSPS) is 18.1. The Morgan fingerprint density at radius 3 is 2.73 bits per heavy atom. The van der Waals surface area contributed by atoms with Crippen LogP contribution in [0.25, 0.3) is 0 Å². The summed E-state index contributed by atoms with van der Waals surface area (Å²) in [5.41, 5.74) is 0. The molecule has 0 saturated carbocycles. The number of carboxylic acids is 1. The average Bonchev–Trinajstić information content (AvgIpc) is 2.93. The fourth-order valence-corrected chi connectivity index (χ4v) is 2.52. The summed E-state index contributed by atoms with van der Waals surface area (Å²) in [7, 11) is 1.52. The minimum Gasteiger partial charge on any atom is -0.481 e. The molecule has 1 aromatic heterocycles. The number of likely N-dealkylation sites (N-methyl/N-ethyl adjacent to an activating group) is 1. The van der Waals surface area contributed by atoms with Crippen LogP contribution in [-0.4, -0.2) is 59.4 Å². The SMILES string of the molecule is Cc1ccc(C(=O)N(C)CC(=O)N2CCCC(C(=O)O)C2)o1. The van der Waals surface area contributed by atoms with Gasteiger partial charge in [0.05, 0.1) is 12.5 Å². The fraction of sp³-hybridized carbons (Fsp3) is 0.533. The van der Waals surface area contributed by atoms with Gasteiger partial charge in [-0.1, -0.05) is 0 Å². The van der Waals surface area contributed by atoms with Crippen molar-refractivity contribution >= 4 is 17.8 Å². The van der Waals surface area contributed by atoms with Crippen molar-refractivity contribution in [1.82, 2.24) is 9.80 Å². The zero-order valence-corrected chi connectivity index (χ0v) is 12.7. The highest BCUT2D eigenvalue weighted by molar-refractivity contribution is 5.94. The first-order valence-corrected chi connectivity index (χ1v) is 7.21. The number of piperidine rings is 1. The lowest BCUT2D eigenvalue weighted by Crippen LogP contribution is -2.46. The summed E-state index contributed by atoms with van der Waals surface area (Å²) in [4.78, 5) is 38.2. The van der Waals surface area contributed by atoms with Crippen LogP contribution in [0.5, 0.6) is 0 Å². The molecule has 0 aliphatic carbocycles. The van der Waals surface area contributed by atoms with Crippen LogP contribution in [0, 0.1) is 12.8 Å². The molecule has 7 heteroatoms. The summed E-state index contributed by atoms with van der Waals surface area (Å²) in [5.74, 6) is -1.20. The number of amides is 2. The second-order valence-electron chi connectivity index (χ2n) is 5.59. The van der Waals surface area contributed by atoms with Crippen molar-refractivity contribution < 1.29 is 23.9 Å². The maximum atomic E-state index is 12.2. The summed E-state index contributed by atoms with van der Waals surface area (Å²) >= 11 is 0. The lowest BCUT2D eigenvalue weighted by molar-refractivity contribution is -0.145. The third-order valence-corrected chi connectivity index (χ3v) is 3.79. The van der Waals surface area contributed by atoms with Crippen LogP contribution in [0.1, 0.15) is 29.2 Å². The molecule has 22 heavy (non-hydrogen) atoms. The Hall–Kier alpha value is -2.31. The molecule has 1 saturated heterocycles. The minimum atomic E-state index is -0.881. The van der Waals surface area contributed by atoms with Crippen molar-refractivity contribution in [2.75, 3.05) is 26.7 Å². The second-order valence-corrected chi connectivity index (χ2v) is 5.59. The van der Waals surface area contributed by atoms with Crippen molar-refractivity contribution in [2.45, 2.75) is 19.8 Å². The molecule has 2 rings (SSSR count). The van der Waals surface area contributed by atoms with Gasteiger partial charge in [0.15, 0.2) is 5.76 Å². The molecule has 1 aliphatic heterocycles. The van der Waals surface area contributed by atoms with Gasteiger partial charge in [-0.15, -0.1) is 0 Å². The van der Waals surface area contributed by atoms with E-state index in [0.29, 0.717) is 25.1 Å². The van der Waals surface area contributed by atoms with Crippen LogP contribution in [0.3, 0.4) is 0 Å². The van der Waals surface area contributed by atoms with Crippen molar-refractivity contribution in [3.63, 3.8) is 0 Å². The predicted octanol–water partition coefficient (Wildman–Crippen LogP) is 0.983. The van der Waals surface area contributed by atoms with Crippen LogP contribution >= 0.6 is 0 Å². The van der Waals surface area contributed by atoms with Crippen LogP contribution in [0.15, 0.2) is 16.5 Å². The molecule has 1 aliphatic rings. The number of likely N-dealkylation sites (tertiary alicyclic amines) is 1. The van der Waals surface area contributed by atoms with E-state index in [1.165, 1.54) is 16.8 Å². The number of nitrogens with zero attached hydrogens (tertiary/aromatic N) is 2. The minimum absolute atomic E-state index is 0.0923. The van der Waals surface area contributed by atoms with E-state index in [2.05, 4.69) is 0 Å². The molecule has 1 N–H and O–H groups in total. The molecular weight excluding hydrogens is 288 g/mol. The molecule has 0 radical (unpaired) electrons. The van der Waals surface area contributed by atoms with Gasteiger partial charge in [-0.05, 0) is 31.9 Å². The highest BCUT2D eigenvalue weighted by Crippen LogP contribution is 2.17. The Labute approximate surface area is 128 Å². The van der Waals surface area contributed by atoms with E-state index in [1.807, 2.05) is 0 Å². The van der Waals surface area contributed by atoms with Gasteiger partial charge >= 0.3 is 5.97 Å². The smallest absolute Gasteiger partial charge is 0.308 e. The molecule has 2 amide bonds. The van der Waals surface area contributed by atoms with Gasteiger partial charge in [0.2, 0.25) is 5.91 Å². The number of furan rings is 1. The van der Waals surface area contributed by atoms with Crippen LogP contribution in [0.4, 0.5) is 0 Å². The number of aryl methyl sites for hydroxylation is 1. The molecule has 2 heterocycles. The van der Waals surface area contributed by atoms with E-state index >= 15 is 0 Å². The number of rotatable bonds is 4. The first kappa shape index (κ1) is 16.1. The number of aliphatic carboxylic acids is 1. The van der Waals surface area contributed by atoms with Gasteiger partial charge in [0.1, 0.15) is 5.76 Å². The molecule has 0 bridgehead atoms. The molecule has 1 unspecified atom stereocenters. The second kappa shape index (κ2) is 6.64.